The van der Waals surface area contributed by atoms with Gasteiger partial charge in [-0.15, -0.1) is 0 Å². The maximum atomic E-state index is 12.3. The first-order chi connectivity index (χ1) is 8.32. The molecular formula is C13H20N2O2S. The molecule has 5 heteroatoms. The number of nitrogens with two attached hydrogens (primary N) is 1. The van der Waals surface area contributed by atoms with Crippen LogP contribution in [0.2, 0.25) is 0 Å². The molecule has 0 radical (unpaired) electrons. The third kappa shape index (κ3) is 3.57. The van der Waals surface area contributed by atoms with Crippen molar-refractivity contribution in [1.29, 1.82) is 0 Å². The van der Waals surface area contributed by atoms with Crippen LogP contribution in [0.1, 0.15) is 26.3 Å². The lowest BCUT2D eigenvalue weighted by Crippen LogP contribution is -2.39. The molecule has 0 saturated heterocycles. The van der Waals surface area contributed by atoms with E-state index in [9.17, 15) is 9.00 Å². The van der Waals surface area contributed by atoms with Gasteiger partial charge in [-0.25, -0.2) is 0 Å². The summed E-state index contributed by atoms with van der Waals surface area (Å²) >= 11 is 0. The topological polar surface area (TPSA) is 72.2 Å². The first-order valence-electron chi connectivity index (χ1n) is 5.90. The normalized spacial score (nSPS) is 14.3. The smallest absolute Gasteiger partial charge is 0.236 e. The largest absolute Gasteiger partial charge is 0.398 e. The number of carbonyl (C=O) groups is 1. The summed E-state index contributed by atoms with van der Waals surface area (Å²) in [5.41, 5.74) is 7.31. The van der Waals surface area contributed by atoms with E-state index >= 15 is 0 Å². The molecule has 0 spiro atoms. The number of carbonyl (C=O) groups excluding carboxylic acids is 1. The molecule has 3 N–H and O–H groups in total. The number of amides is 1. The van der Waals surface area contributed by atoms with Gasteiger partial charge in [0.2, 0.25) is 5.91 Å². The fourth-order valence-electron chi connectivity index (χ4n) is 1.54. The Hall–Kier alpha value is -1.36. The molecule has 1 aromatic rings. The second-order valence-electron chi connectivity index (χ2n) is 4.64. The zero-order valence-electron chi connectivity index (χ0n) is 11.2. The maximum absolute atomic E-state index is 12.3. The molecule has 1 amide bonds. The lowest BCUT2D eigenvalue weighted by molar-refractivity contribution is -0.120. The van der Waals surface area contributed by atoms with E-state index in [0.29, 0.717) is 10.6 Å². The van der Waals surface area contributed by atoms with Gasteiger partial charge >= 0.3 is 0 Å². The molecule has 0 bridgehead atoms. The maximum Gasteiger partial charge on any atom is 0.236 e. The monoisotopic (exact) mass is 268 g/mol. The Balaban J connectivity index is 2.90. The van der Waals surface area contributed by atoms with Gasteiger partial charge in [-0.05, 0) is 45.4 Å². The Morgan fingerprint density at radius 3 is 2.44 bits per heavy atom. The molecule has 0 aromatic heterocycles. The van der Waals surface area contributed by atoms with Gasteiger partial charge in [-0.2, -0.15) is 0 Å². The van der Waals surface area contributed by atoms with E-state index in [4.69, 9.17) is 5.73 Å². The summed E-state index contributed by atoms with van der Waals surface area (Å²) in [6, 6.07) is 5.36. The van der Waals surface area contributed by atoms with Crippen molar-refractivity contribution < 1.29 is 9.00 Å². The number of aryl methyl sites for hydroxylation is 1. The first kappa shape index (κ1) is 14.7. The number of nitrogens with one attached hydrogen (secondary N) is 1. The van der Waals surface area contributed by atoms with Crippen molar-refractivity contribution in [3.63, 3.8) is 0 Å². The van der Waals surface area contributed by atoms with Crippen molar-refractivity contribution in [2.45, 2.75) is 43.9 Å². The van der Waals surface area contributed by atoms with Crippen LogP contribution in [-0.4, -0.2) is 21.4 Å². The molecule has 0 aliphatic heterocycles. The number of nitrogen functional groups attached to an aromatic ring is 1. The minimum absolute atomic E-state index is 0.0346. The summed E-state index contributed by atoms with van der Waals surface area (Å²) in [6.45, 7) is 7.30. The van der Waals surface area contributed by atoms with Gasteiger partial charge in [-0.1, -0.05) is 6.07 Å². The van der Waals surface area contributed by atoms with E-state index in [-0.39, 0.29) is 11.9 Å². The van der Waals surface area contributed by atoms with E-state index in [1.807, 2.05) is 26.8 Å². The Labute approximate surface area is 110 Å². The fourth-order valence-corrected chi connectivity index (χ4v) is 2.68. The van der Waals surface area contributed by atoms with Crippen LogP contribution in [0.5, 0.6) is 0 Å². The van der Waals surface area contributed by atoms with Crippen molar-refractivity contribution in [3.8, 4) is 0 Å². The molecule has 0 heterocycles. The number of anilines is 1. The van der Waals surface area contributed by atoms with Crippen LogP contribution in [-0.2, 0) is 15.6 Å². The standard InChI is InChI=1S/C13H20N2O2S/c1-8(2)15-13(16)10(4)18(17)12-6-5-9(3)7-11(12)14/h5-8,10H,14H2,1-4H3,(H,15,16). The SMILES string of the molecule is Cc1ccc(S(=O)C(C)C(=O)NC(C)C)c(N)c1. The summed E-state index contributed by atoms with van der Waals surface area (Å²) in [5.74, 6) is -0.219. The lowest BCUT2D eigenvalue weighted by atomic mass is 10.2. The highest BCUT2D eigenvalue weighted by molar-refractivity contribution is 7.86. The highest BCUT2D eigenvalue weighted by Crippen LogP contribution is 2.20. The van der Waals surface area contributed by atoms with E-state index in [2.05, 4.69) is 5.32 Å². The molecule has 100 valence electrons. The van der Waals surface area contributed by atoms with E-state index in [0.717, 1.165) is 5.56 Å². The van der Waals surface area contributed by atoms with Crippen molar-refractivity contribution in [2.24, 2.45) is 0 Å². The van der Waals surface area contributed by atoms with Crippen molar-refractivity contribution in [1.82, 2.24) is 5.32 Å². The van der Waals surface area contributed by atoms with Crippen LogP contribution in [0.25, 0.3) is 0 Å². The van der Waals surface area contributed by atoms with Crippen LogP contribution in [0.4, 0.5) is 5.69 Å². The summed E-state index contributed by atoms with van der Waals surface area (Å²) in [6.07, 6.45) is 0. The molecule has 18 heavy (non-hydrogen) atoms. The van der Waals surface area contributed by atoms with Crippen molar-refractivity contribution >= 4 is 22.4 Å². The van der Waals surface area contributed by atoms with Crippen LogP contribution in [0, 0.1) is 6.92 Å². The second kappa shape index (κ2) is 6.00. The van der Waals surface area contributed by atoms with Gasteiger partial charge in [0.25, 0.3) is 0 Å². The van der Waals surface area contributed by atoms with Gasteiger partial charge in [0.1, 0.15) is 5.25 Å². The molecule has 2 unspecified atom stereocenters. The van der Waals surface area contributed by atoms with Crippen LogP contribution in [0.3, 0.4) is 0 Å². The first-order valence-corrected chi connectivity index (χ1v) is 7.11. The third-order valence-corrected chi connectivity index (χ3v) is 4.16. The van der Waals surface area contributed by atoms with E-state index < -0.39 is 16.0 Å². The van der Waals surface area contributed by atoms with Gasteiger partial charge in [-0.3, -0.25) is 9.00 Å². The summed E-state index contributed by atoms with van der Waals surface area (Å²) in [7, 11) is -1.43. The lowest BCUT2D eigenvalue weighted by Gasteiger charge is -2.15. The number of hydrogen-bond acceptors (Lipinski definition) is 3. The zero-order valence-corrected chi connectivity index (χ0v) is 12.0. The molecule has 1 aromatic carbocycles. The van der Waals surface area contributed by atoms with Crippen LogP contribution < -0.4 is 11.1 Å². The molecule has 2 atom stereocenters. The molecule has 0 aliphatic rings. The average molecular weight is 268 g/mol. The third-order valence-electron chi connectivity index (χ3n) is 2.50. The molecule has 0 aliphatic carbocycles. The number of rotatable bonds is 4. The Bertz CT molecular complexity index is 472. The molecule has 4 nitrogen and oxygen atoms in total. The van der Waals surface area contributed by atoms with Gasteiger partial charge in [0.15, 0.2) is 0 Å². The molecule has 0 saturated carbocycles. The van der Waals surface area contributed by atoms with Gasteiger partial charge < -0.3 is 11.1 Å². The van der Waals surface area contributed by atoms with Crippen LogP contribution >= 0.6 is 0 Å². The summed E-state index contributed by atoms with van der Waals surface area (Å²) < 4.78 is 12.3. The summed E-state index contributed by atoms with van der Waals surface area (Å²) in [5, 5.41) is 2.14. The average Bonchev–Trinajstić information content (AvgIpc) is 2.26. The predicted molar refractivity (Wildman–Crippen MR) is 74.7 cm³/mol. The Morgan fingerprint density at radius 2 is 1.94 bits per heavy atom. The van der Waals surface area contributed by atoms with Gasteiger partial charge in [0.05, 0.1) is 15.7 Å². The number of benzene rings is 1. The molecule has 1 rings (SSSR count). The minimum atomic E-state index is -1.43. The van der Waals surface area contributed by atoms with Crippen molar-refractivity contribution in [2.75, 3.05) is 5.73 Å². The molecule has 0 fully saturated rings. The zero-order chi connectivity index (χ0) is 13.9. The predicted octanol–water partition coefficient (Wildman–Crippen LogP) is 1.60. The van der Waals surface area contributed by atoms with E-state index in [1.165, 1.54) is 0 Å². The van der Waals surface area contributed by atoms with Gasteiger partial charge in [0, 0.05) is 11.7 Å². The molecular weight excluding hydrogens is 248 g/mol. The highest BCUT2D eigenvalue weighted by atomic mass is 32.2. The number of hydrogen-bond donors (Lipinski definition) is 2. The summed E-state index contributed by atoms with van der Waals surface area (Å²) in [4.78, 5) is 12.3. The van der Waals surface area contributed by atoms with Crippen LogP contribution in [0.15, 0.2) is 23.1 Å². The quantitative estimate of drug-likeness (QED) is 0.815. The highest BCUT2D eigenvalue weighted by Gasteiger charge is 2.23. The Kier molecular flexibility index (Phi) is 4.90. The fraction of sp³-hybridized carbons (Fsp3) is 0.462. The minimum Gasteiger partial charge on any atom is -0.398 e. The van der Waals surface area contributed by atoms with Crippen molar-refractivity contribution in [3.05, 3.63) is 23.8 Å². The van der Waals surface area contributed by atoms with E-state index in [1.54, 1.807) is 19.1 Å². The second-order valence-corrected chi connectivity index (χ2v) is 6.39. The Morgan fingerprint density at radius 1 is 1.33 bits per heavy atom.